The SMILES string of the molecule is CC(C)(C)[C@@H]1CCC[C@]2(CCC(=O)N2)C1. The van der Waals surface area contributed by atoms with Gasteiger partial charge in [0.1, 0.15) is 0 Å². The van der Waals surface area contributed by atoms with Crippen molar-refractivity contribution in [3.05, 3.63) is 0 Å². The van der Waals surface area contributed by atoms with Crippen LogP contribution in [0.25, 0.3) is 0 Å². The van der Waals surface area contributed by atoms with Crippen LogP contribution in [0.5, 0.6) is 0 Å². The molecular formula is C13H23NO. The van der Waals surface area contributed by atoms with Crippen molar-refractivity contribution in [3.8, 4) is 0 Å². The molecule has 1 spiro atoms. The lowest BCUT2D eigenvalue weighted by molar-refractivity contribution is -0.120. The van der Waals surface area contributed by atoms with Crippen LogP contribution in [-0.2, 0) is 4.79 Å². The summed E-state index contributed by atoms with van der Waals surface area (Å²) in [6, 6.07) is 0. The molecule has 0 aromatic rings. The average Bonchev–Trinajstić information content (AvgIpc) is 2.46. The van der Waals surface area contributed by atoms with Gasteiger partial charge < -0.3 is 5.32 Å². The summed E-state index contributed by atoms with van der Waals surface area (Å²) in [6.45, 7) is 6.98. The molecule has 86 valence electrons. The third kappa shape index (κ3) is 2.19. The normalized spacial score (nSPS) is 37.0. The summed E-state index contributed by atoms with van der Waals surface area (Å²) < 4.78 is 0. The van der Waals surface area contributed by atoms with Crippen molar-refractivity contribution >= 4 is 5.91 Å². The zero-order valence-corrected chi connectivity index (χ0v) is 10.2. The zero-order chi connectivity index (χ0) is 11.1. The number of carbonyl (C=O) groups excluding carboxylic acids is 1. The Bertz CT molecular complexity index is 266. The Morgan fingerprint density at radius 2 is 2.07 bits per heavy atom. The van der Waals surface area contributed by atoms with Gasteiger partial charge in [0.05, 0.1) is 0 Å². The van der Waals surface area contributed by atoms with Gasteiger partial charge in [0, 0.05) is 12.0 Å². The first kappa shape index (κ1) is 11.0. The summed E-state index contributed by atoms with van der Waals surface area (Å²) >= 11 is 0. The first-order valence-electron chi connectivity index (χ1n) is 6.22. The Hall–Kier alpha value is -0.530. The maximum atomic E-state index is 11.4. The molecule has 1 N–H and O–H groups in total. The molecule has 1 heterocycles. The zero-order valence-electron chi connectivity index (χ0n) is 10.2. The van der Waals surface area contributed by atoms with Crippen LogP contribution in [0.1, 0.15) is 59.3 Å². The van der Waals surface area contributed by atoms with E-state index in [9.17, 15) is 4.79 Å². The molecule has 2 fully saturated rings. The van der Waals surface area contributed by atoms with E-state index in [-0.39, 0.29) is 11.4 Å². The lowest BCUT2D eigenvalue weighted by Gasteiger charge is -2.43. The number of carbonyl (C=O) groups is 1. The van der Waals surface area contributed by atoms with Crippen molar-refractivity contribution in [2.75, 3.05) is 0 Å². The number of hydrogen-bond acceptors (Lipinski definition) is 1. The average molecular weight is 209 g/mol. The van der Waals surface area contributed by atoms with E-state index in [1.807, 2.05) is 0 Å². The van der Waals surface area contributed by atoms with Gasteiger partial charge >= 0.3 is 0 Å². The molecule has 2 heteroatoms. The molecule has 2 aliphatic rings. The van der Waals surface area contributed by atoms with Gasteiger partial charge in [0.15, 0.2) is 0 Å². The van der Waals surface area contributed by atoms with E-state index >= 15 is 0 Å². The van der Waals surface area contributed by atoms with Gasteiger partial charge in [0.25, 0.3) is 0 Å². The molecule has 1 saturated carbocycles. The quantitative estimate of drug-likeness (QED) is 0.653. The van der Waals surface area contributed by atoms with Crippen LogP contribution >= 0.6 is 0 Å². The molecule has 1 aliphatic heterocycles. The number of hydrogen-bond donors (Lipinski definition) is 1. The Labute approximate surface area is 92.8 Å². The van der Waals surface area contributed by atoms with Crippen molar-refractivity contribution in [2.45, 2.75) is 64.8 Å². The second-order valence-electron chi connectivity index (χ2n) is 6.49. The summed E-state index contributed by atoms with van der Waals surface area (Å²) in [6.07, 6.45) is 6.83. The second kappa shape index (κ2) is 3.50. The summed E-state index contributed by atoms with van der Waals surface area (Å²) in [7, 11) is 0. The number of rotatable bonds is 0. The van der Waals surface area contributed by atoms with E-state index in [0.717, 1.165) is 18.8 Å². The molecule has 0 aromatic carbocycles. The Kier molecular flexibility index (Phi) is 2.56. The molecule has 0 radical (unpaired) electrons. The van der Waals surface area contributed by atoms with E-state index in [1.165, 1.54) is 25.7 Å². The second-order valence-corrected chi connectivity index (χ2v) is 6.49. The summed E-state index contributed by atoms with van der Waals surface area (Å²) in [5.41, 5.74) is 0.564. The molecule has 1 saturated heterocycles. The minimum Gasteiger partial charge on any atom is -0.351 e. The fourth-order valence-electron chi connectivity index (χ4n) is 3.22. The molecule has 0 aromatic heterocycles. The number of nitrogens with one attached hydrogen (secondary N) is 1. The van der Waals surface area contributed by atoms with Crippen molar-refractivity contribution in [1.29, 1.82) is 0 Å². The standard InChI is InChI=1S/C13H23NO/c1-12(2,3)10-5-4-7-13(9-10)8-6-11(15)14-13/h10H,4-9H2,1-3H3,(H,14,15)/t10-,13+/m1/s1. The summed E-state index contributed by atoms with van der Waals surface area (Å²) in [5.74, 6) is 1.04. The summed E-state index contributed by atoms with van der Waals surface area (Å²) in [4.78, 5) is 11.4. The smallest absolute Gasteiger partial charge is 0.220 e. The van der Waals surface area contributed by atoms with E-state index in [2.05, 4.69) is 26.1 Å². The van der Waals surface area contributed by atoms with Gasteiger partial charge in [-0.05, 0) is 37.0 Å². The maximum absolute atomic E-state index is 11.4. The lowest BCUT2D eigenvalue weighted by Crippen LogP contribution is -2.47. The minimum atomic E-state index is 0.174. The predicted molar refractivity (Wildman–Crippen MR) is 61.5 cm³/mol. The molecule has 2 rings (SSSR count). The van der Waals surface area contributed by atoms with Gasteiger partial charge in [0.2, 0.25) is 5.91 Å². The van der Waals surface area contributed by atoms with Crippen LogP contribution in [0.4, 0.5) is 0 Å². The minimum absolute atomic E-state index is 0.174. The molecule has 0 unspecified atom stereocenters. The molecule has 2 nitrogen and oxygen atoms in total. The van der Waals surface area contributed by atoms with Crippen LogP contribution in [0.3, 0.4) is 0 Å². The molecule has 15 heavy (non-hydrogen) atoms. The third-order valence-electron chi connectivity index (χ3n) is 4.30. The Balaban J connectivity index is 2.07. The van der Waals surface area contributed by atoms with Crippen molar-refractivity contribution in [3.63, 3.8) is 0 Å². The largest absolute Gasteiger partial charge is 0.351 e. The van der Waals surface area contributed by atoms with Gasteiger partial charge in [-0.1, -0.05) is 27.2 Å². The lowest BCUT2D eigenvalue weighted by atomic mass is 9.66. The number of amides is 1. The summed E-state index contributed by atoms with van der Waals surface area (Å²) in [5, 5.41) is 3.23. The van der Waals surface area contributed by atoms with E-state index < -0.39 is 0 Å². The van der Waals surface area contributed by atoms with Crippen LogP contribution in [0.15, 0.2) is 0 Å². The molecular weight excluding hydrogens is 186 g/mol. The molecule has 0 bridgehead atoms. The monoisotopic (exact) mass is 209 g/mol. The first-order valence-corrected chi connectivity index (χ1v) is 6.22. The predicted octanol–water partition coefficient (Wildman–Crippen LogP) is 2.87. The van der Waals surface area contributed by atoms with E-state index in [1.54, 1.807) is 0 Å². The van der Waals surface area contributed by atoms with Crippen molar-refractivity contribution in [1.82, 2.24) is 5.32 Å². The van der Waals surface area contributed by atoms with E-state index in [4.69, 9.17) is 0 Å². The highest BCUT2D eigenvalue weighted by molar-refractivity contribution is 5.79. The fourth-order valence-corrected chi connectivity index (χ4v) is 3.22. The van der Waals surface area contributed by atoms with Crippen LogP contribution in [0.2, 0.25) is 0 Å². The van der Waals surface area contributed by atoms with Crippen LogP contribution in [0, 0.1) is 11.3 Å². The van der Waals surface area contributed by atoms with Crippen molar-refractivity contribution < 1.29 is 4.79 Å². The Morgan fingerprint density at radius 1 is 1.33 bits per heavy atom. The van der Waals surface area contributed by atoms with Gasteiger partial charge in [-0.3, -0.25) is 4.79 Å². The highest BCUT2D eigenvalue weighted by atomic mass is 16.2. The van der Waals surface area contributed by atoms with Crippen LogP contribution < -0.4 is 5.32 Å². The fraction of sp³-hybridized carbons (Fsp3) is 0.923. The third-order valence-corrected chi connectivity index (χ3v) is 4.30. The van der Waals surface area contributed by atoms with Gasteiger partial charge in [-0.25, -0.2) is 0 Å². The van der Waals surface area contributed by atoms with Crippen LogP contribution in [-0.4, -0.2) is 11.4 Å². The van der Waals surface area contributed by atoms with Crippen molar-refractivity contribution in [2.24, 2.45) is 11.3 Å². The highest BCUT2D eigenvalue weighted by Crippen LogP contribution is 2.45. The first-order chi connectivity index (χ1) is 6.91. The topological polar surface area (TPSA) is 29.1 Å². The van der Waals surface area contributed by atoms with Gasteiger partial charge in [-0.15, -0.1) is 0 Å². The highest BCUT2D eigenvalue weighted by Gasteiger charge is 2.43. The van der Waals surface area contributed by atoms with E-state index in [0.29, 0.717) is 5.41 Å². The maximum Gasteiger partial charge on any atom is 0.220 e. The molecule has 1 aliphatic carbocycles. The molecule has 2 atom stereocenters. The van der Waals surface area contributed by atoms with Gasteiger partial charge in [-0.2, -0.15) is 0 Å². The molecule has 1 amide bonds. The Morgan fingerprint density at radius 3 is 2.60 bits per heavy atom.